The second-order valence-electron chi connectivity index (χ2n) is 6.64. The van der Waals surface area contributed by atoms with Crippen LogP contribution < -0.4 is 15.7 Å². The minimum atomic E-state index is -1.37. The molecule has 0 fully saturated rings. The Morgan fingerprint density at radius 3 is 2.50 bits per heavy atom. The smallest absolute Gasteiger partial charge is 0.408 e. The van der Waals surface area contributed by atoms with E-state index in [1.54, 1.807) is 20.8 Å². The highest BCUT2D eigenvalue weighted by molar-refractivity contribution is 7.98. The number of alkyl carbamates (subject to hydrolysis) is 1. The van der Waals surface area contributed by atoms with Crippen LogP contribution in [0.4, 0.5) is 4.79 Å². The molecule has 0 spiro atoms. The van der Waals surface area contributed by atoms with Crippen LogP contribution in [-0.4, -0.2) is 57.6 Å². The Morgan fingerprint density at radius 2 is 2.00 bits per heavy atom. The first kappa shape index (κ1) is 21.8. The largest absolute Gasteiger partial charge is 0.548 e. The van der Waals surface area contributed by atoms with E-state index >= 15 is 0 Å². The lowest BCUT2D eigenvalue weighted by molar-refractivity contribution is -0.308. The summed E-state index contributed by atoms with van der Waals surface area (Å²) in [7, 11) is 0. The molecular formula is C16H25N4O5S-. The Hall–Kier alpha value is -2.23. The minimum absolute atomic E-state index is 0.105. The summed E-state index contributed by atoms with van der Waals surface area (Å²) < 4.78 is 5.17. The molecule has 0 saturated heterocycles. The molecular weight excluding hydrogens is 360 g/mol. The van der Waals surface area contributed by atoms with Crippen molar-refractivity contribution in [1.82, 2.24) is 20.6 Å². The normalized spacial score (nSPS) is 13.5. The van der Waals surface area contributed by atoms with Gasteiger partial charge in [0.15, 0.2) is 0 Å². The van der Waals surface area contributed by atoms with Crippen molar-refractivity contribution in [2.75, 3.05) is 12.0 Å². The van der Waals surface area contributed by atoms with Crippen molar-refractivity contribution in [3.05, 3.63) is 18.2 Å². The predicted molar refractivity (Wildman–Crippen MR) is 95.4 cm³/mol. The molecule has 0 aliphatic rings. The molecule has 1 aromatic heterocycles. The molecule has 0 aromatic carbocycles. The number of carboxylic acids is 1. The van der Waals surface area contributed by atoms with E-state index in [0.29, 0.717) is 11.4 Å². The number of imidazole rings is 1. The number of hydrogen-bond donors (Lipinski definition) is 3. The molecule has 26 heavy (non-hydrogen) atoms. The van der Waals surface area contributed by atoms with Crippen LogP contribution in [0.2, 0.25) is 0 Å². The molecule has 2 amide bonds. The number of ether oxygens (including phenoxy) is 1. The molecule has 0 aliphatic carbocycles. The third kappa shape index (κ3) is 8.24. The zero-order valence-corrected chi connectivity index (χ0v) is 16.1. The average Bonchev–Trinajstić information content (AvgIpc) is 3.01. The molecule has 9 nitrogen and oxygen atoms in total. The van der Waals surface area contributed by atoms with Gasteiger partial charge in [-0.2, -0.15) is 11.8 Å². The Balaban J connectivity index is 2.83. The quantitative estimate of drug-likeness (QED) is 0.537. The number of aliphatic carboxylic acids is 1. The van der Waals surface area contributed by atoms with Gasteiger partial charge in [-0.25, -0.2) is 9.78 Å². The van der Waals surface area contributed by atoms with Gasteiger partial charge in [0.2, 0.25) is 5.91 Å². The number of aromatic nitrogens is 2. The highest BCUT2D eigenvalue weighted by Crippen LogP contribution is 2.08. The van der Waals surface area contributed by atoms with Crippen LogP contribution in [0.25, 0.3) is 0 Å². The van der Waals surface area contributed by atoms with E-state index in [1.165, 1.54) is 24.3 Å². The van der Waals surface area contributed by atoms with Crippen LogP contribution in [0, 0.1) is 0 Å². The fourth-order valence-electron chi connectivity index (χ4n) is 2.03. The SMILES string of the molecule is CSCC[C@H](NC(=O)[C@H](Cc1cnc[nH]1)NC(=O)OC(C)(C)C)C(=O)[O-]. The van der Waals surface area contributed by atoms with Gasteiger partial charge in [0.05, 0.1) is 18.3 Å². The molecule has 146 valence electrons. The lowest BCUT2D eigenvalue weighted by Gasteiger charge is -2.25. The molecule has 0 unspecified atom stereocenters. The number of carbonyl (C=O) groups excluding carboxylic acids is 3. The van der Waals surface area contributed by atoms with Crippen LogP contribution in [-0.2, 0) is 20.7 Å². The van der Waals surface area contributed by atoms with Crippen molar-refractivity contribution in [3.8, 4) is 0 Å². The number of nitrogens with zero attached hydrogens (tertiary/aromatic N) is 1. The van der Waals surface area contributed by atoms with E-state index in [-0.39, 0.29) is 12.8 Å². The van der Waals surface area contributed by atoms with Crippen LogP contribution in [0.3, 0.4) is 0 Å². The molecule has 2 atom stereocenters. The lowest BCUT2D eigenvalue weighted by atomic mass is 10.1. The second kappa shape index (κ2) is 10.0. The van der Waals surface area contributed by atoms with Crippen molar-refractivity contribution in [2.24, 2.45) is 0 Å². The standard InChI is InChI=1S/C16H26N4O5S/c1-16(2,3)25-15(24)20-12(7-10-8-17-9-18-10)13(21)19-11(14(22)23)5-6-26-4/h8-9,11-12H,5-7H2,1-4H3,(H,17,18)(H,19,21)(H,20,24)(H,22,23)/p-1/t11-,12-/m0/s1. The zero-order chi connectivity index (χ0) is 19.7. The van der Waals surface area contributed by atoms with E-state index < -0.39 is 35.7 Å². The summed E-state index contributed by atoms with van der Waals surface area (Å²) in [6.45, 7) is 5.10. The maximum absolute atomic E-state index is 12.5. The Kier molecular flexibility index (Phi) is 8.43. The van der Waals surface area contributed by atoms with E-state index in [9.17, 15) is 19.5 Å². The number of carbonyl (C=O) groups is 3. The van der Waals surface area contributed by atoms with Crippen LogP contribution in [0.15, 0.2) is 12.5 Å². The molecule has 1 heterocycles. The van der Waals surface area contributed by atoms with E-state index in [2.05, 4.69) is 20.6 Å². The number of hydrogen-bond acceptors (Lipinski definition) is 7. The Labute approximate surface area is 156 Å². The van der Waals surface area contributed by atoms with Gasteiger partial charge in [-0.05, 0) is 39.2 Å². The van der Waals surface area contributed by atoms with Gasteiger partial charge >= 0.3 is 6.09 Å². The first-order valence-corrected chi connectivity index (χ1v) is 9.48. The Morgan fingerprint density at radius 1 is 1.31 bits per heavy atom. The predicted octanol–water partition coefficient (Wildman–Crippen LogP) is -0.167. The van der Waals surface area contributed by atoms with E-state index in [4.69, 9.17) is 4.74 Å². The summed E-state index contributed by atoms with van der Waals surface area (Å²) in [5.74, 6) is -1.46. The molecule has 10 heteroatoms. The maximum atomic E-state index is 12.5. The van der Waals surface area contributed by atoms with Gasteiger partial charge in [0, 0.05) is 18.3 Å². The van der Waals surface area contributed by atoms with Crippen molar-refractivity contribution in [2.45, 2.75) is 51.3 Å². The summed E-state index contributed by atoms with van der Waals surface area (Å²) in [5.41, 5.74) is -0.124. The van der Waals surface area contributed by atoms with Crippen LogP contribution >= 0.6 is 11.8 Å². The van der Waals surface area contributed by atoms with Crippen molar-refractivity contribution in [3.63, 3.8) is 0 Å². The number of amides is 2. The molecule has 0 bridgehead atoms. The summed E-state index contributed by atoms with van der Waals surface area (Å²) in [6.07, 6.45) is 4.35. The highest BCUT2D eigenvalue weighted by atomic mass is 32.2. The monoisotopic (exact) mass is 385 g/mol. The van der Waals surface area contributed by atoms with Crippen molar-refractivity contribution in [1.29, 1.82) is 0 Å². The molecule has 1 rings (SSSR count). The molecule has 3 N–H and O–H groups in total. The van der Waals surface area contributed by atoms with E-state index in [0.717, 1.165) is 0 Å². The maximum Gasteiger partial charge on any atom is 0.408 e. The lowest BCUT2D eigenvalue weighted by Crippen LogP contribution is -2.55. The fourth-order valence-corrected chi connectivity index (χ4v) is 2.50. The Bertz CT molecular complexity index is 600. The molecule has 0 saturated carbocycles. The topological polar surface area (TPSA) is 136 Å². The number of nitrogens with one attached hydrogen (secondary N) is 3. The molecule has 0 radical (unpaired) electrons. The summed E-state index contributed by atoms with van der Waals surface area (Å²) in [4.78, 5) is 42.5. The number of thioether (sulfide) groups is 1. The van der Waals surface area contributed by atoms with Crippen molar-refractivity contribution < 1.29 is 24.2 Å². The first-order valence-electron chi connectivity index (χ1n) is 8.09. The number of H-pyrrole nitrogens is 1. The number of aromatic amines is 1. The van der Waals surface area contributed by atoms with Crippen LogP contribution in [0.1, 0.15) is 32.9 Å². The minimum Gasteiger partial charge on any atom is -0.548 e. The van der Waals surface area contributed by atoms with Gasteiger partial charge in [0.25, 0.3) is 0 Å². The molecule has 1 aromatic rings. The summed E-state index contributed by atoms with van der Waals surface area (Å²) in [6, 6.07) is -2.17. The third-order valence-electron chi connectivity index (χ3n) is 3.20. The second-order valence-corrected chi connectivity index (χ2v) is 7.63. The van der Waals surface area contributed by atoms with Gasteiger partial charge < -0.3 is 30.3 Å². The van der Waals surface area contributed by atoms with Crippen molar-refractivity contribution >= 4 is 29.7 Å². The third-order valence-corrected chi connectivity index (χ3v) is 3.84. The zero-order valence-electron chi connectivity index (χ0n) is 15.3. The first-order chi connectivity index (χ1) is 12.1. The number of rotatable bonds is 9. The highest BCUT2D eigenvalue weighted by Gasteiger charge is 2.27. The van der Waals surface area contributed by atoms with Gasteiger partial charge in [-0.1, -0.05) is 0 Å². The summed E-state index contributed by atoms with van der Waals surface area (Å²) >= 11 is 1.46. The van der Waals surface area contributed by atoms with E-state index in [1.807, 2.05) is 6.26 Å². The fraction of sp³-hybridized carbons (Fsp3) is 0.625. The summed E-state index contributed by atoms with van der Waals surface area (Å²) in [5, 5.41) is 16.1. The van der Waals surface area contributed by atoms with Gasteiger partial charge in [0.1, 0.15) is 11.6 Å². The molecule has 0 aliphatic heterocycles. The van der Waals surface area contributed by atoms with Gasteiger partial charge in [-0.3, -0.25) is 4.79 Å². The van der Waals surface area contributed by atoms with Gasteiger partial charge in [-0.15, -0.1) is 0 Å². The average molecular weight is 385 g/mol. The number of carboxylic acid groups (broad SMARTS) is 1. The van der Waals surface area contributed by atoms with Crippen LogP contribution in [0.5, 0.6) is 0 Å².